The molecule has 0 aliphatic carbocycles. The summed E-state index contributed by atoms with van der Waals surface area (Å²) in [5.74, 6) is -0.628. The van der Waals surface area contributed by atoms with Crippen LogP contribution in [0, 0.1) is 0 Å². The van der Waals surface area contributed by atoms with Gasteiger partial charge in [-0.05, 0) is 19.8 Å². The summed E-state index contributed by atoms with van der Waals surface area (Å²) in [4.78, 5) is 11.3. The Bertz CT molecular complexity index is 299. The second-order valence-electron chi connectivity index (χ2n) is 3.68. The molecule has 0 spiro atoms. The number of hydrogen-bond acceptors (Lipinski definition) is 5. The molecule has 90 valence electrons. The van der Waals surface area contributed by atoms with Gasteiger partial charge < -0.3 is 10.5 Å². The van der Waals surface area contributed by atoms with E-state index >= 15 is 0 Å². The smallest absolute Gasteiger partial charge is 0.323 e. The van der Waals surface area contributed by atoms with Gasteiger partial charge in [0.15, 0.2) is 0 Å². The van der Waals surface area contributed by atoms with Crippen molar-refractivity contribution in [1.82, 2.24) is 0 Å². The molecular weight excluding hydrogens is 218 g/mol. The molecule has 5 nitrogen and oxygen atoms in total. The van der Waals surface area contributed by atoms with Gasteiger partial charge in [-0.1, -0.05) is 6.92 Å². The Morgan fingerprint density at radius 3 is 2.40 bits per heavy atom. The van der Waals surface area contributed by atoms with E-state index < -0.39 is 21.8 Å². The van der Waals surface area contributed by atoms with Crippen molar-refractivity contribution < 1.29 is 17.9 Å². The Balaban J connectivity index is 4.00. The highest BCUT2D eigenvalue weighted by Crippen LogP contribution is 2.01. The lowest BCUT2D eigenvalue weighted by atomic mass is 10.2. The first kappa shape index (κ1) is 14.4. The van der Waals surface area contributed by atoms with Crippen molar-refractivity contribution in [2.24, 2.45) is 5.73 Å². The number of carbonyl (C=O) groups excluding carboxylic acids is 1. The maximum atomic E-state index is 11.3. The van der Waals surface area contributed by atoms with Gasteiger partial charge in [-0.15, -0.1) is 0 Å². The Hall–Kier alpha value is -0.620. The van der Waals surface area contributed by atoms with Gasteiger partial charge in [-0.3, -0.25) is 4.79 Å². The first-order valence-corrected chi connectivity index (χ1v) is 6.96. The molecule has 0 rings (SSSR count). The minimum Gasteiger partial charge on any atom is -0.462 e. The van der Waals surface area contributed by atoms with E-state index in [0.29, 0.717) is 6.42 Å². The predicted octanol–water partition coefficient (Wildman–Crippen LogP) is 0.0901. The van der Waals surface area contributed by atoms with Crippen molar-refractivity contribution >= 4 is 15.8 Å². The zero-order valence-electron chi connectivity index (χ0n) is 9.39. The molecule has 2 N–H and O–H groups in total. The zero-order chi connectivity index (χ0) is 12.1. The van der Waals surface area contributed by atoms with Crippen molar-refractivity contribution in [1.29, 1.82) is 0 Å². The van der Waals surface area contributed by atoms with E-state index in [2.05, 4.69) is 0 Å². The average Bonchev–Trinajstić information content (AvgIpc) is 2.12. The van der Waals surface area contributed by atoms with Crippen molar-refractivity contribution in [3.05, 3.63) is 0 Å². The Kier molecular flexibility index (Phi) is 5.82. The highest BCUT2D eigenvalue weighted by molar-refractivity contribution is 7.90. The van der Waals surface area contributed by atoms with Gasteiger partial charge in [0.05, 0.1) is 11.9 Å². The Morgan fingerprint density at radius 2 is 2.00 bits per heavy atom. The molecule has 0 saturated heterocycles. The van der Waals surface area contributed by atoms with E-state index in [-0.39, 0.29) is 18.3 Å². The lowest BCUT2D eigenvalue weighted by Gasteiger charge is -2.14. The predicted molar refractivity (Wildman–Crippen MR) is 58.1 cm³/mol. The molecule has 0 aromatic heterocycles. The second kappa shape index (κ2) is 6.07. The average molecular weight is 237 g/mol. The van der Waals surface area contributed by atoms with Crippen LogP contribution in [-0.4, -0.2) is 38.5 Å². The molecule has 0 aliphatic heterocycles. The van der Waals surface area contributed by atoms with Crippen LogP contribution >= 0.6 is 0 Å². The minimum absolute atomic E-state index is 0.0935. The lowest BCUT2D eigenvalue weighted by molar-refractivity contribution is -0.149. The van der Waals surface area contributed by atoms with Crippen molar-refractivity contribution in [2.45, 2.75) is 38.8 Å². The second-order valence-corrected chi connectivity index (χ2v) is 5.94. The monoisotopic (exact) mass is 237 g/mol. The summed E-state index contributed by atoms with van der Waals surface area (Å²) in [5.41, 5.74) is 5.49. The van der Waals surface area contributed by atoms with Gasteiger partial charge in [-0.2, -0.15) is 0 Å². The fraction of sp³-hybridized carbons (Fsp3) is 0.889. The molecular formula is C9H19NO4S. The summed E-state index contributed by atoms with van der Waals surface area (Å²) in [6.07, 6.45) is 1.75. The van der Waals surface area contributed by atoms with Crippen molar-refractivity contribution in [2.75, 3.05) is 12.0 Å². The molecule has 0 radical (unpaired) electrons. The molecule has 0 aromatic carbocycles. The molecule has 0 heterocycles. The molecule has 2 unspecified atom stereocenters. The molecule has 6 heteroatoms. The number of esters is 1. The number of hydrogen-bond donors (Lipinski definition) is 1. The first-order valence-electron chi connectivity index (χ1n) is 4.90. The van der Waals surface area contributed by atoms with Crippen LogP contribution in [0.3, 0.4) is 0 Å². The molecule has 0 bridgehead atoms. The quantitative estimate of drug-likeness (QED) is 0.662. The number of sulfone groups is 1. The van der Waals surface area contributed by atoms with Gasteiger partial charge in [-0.25, -0.2) is 8.42 Å². The zero-order valence-corrected chi connectivity index (χ0v) is 10.2. The van der Waals surface area contributed by atoms with E-state index in [1.165, 1.54) is 0 Å². The Morgan fingerprint density at radius 1 is 1.47 bits per heavy atom. The molecule has 0 aromatic rings. The molecule has 0 amide bonds. The van der Waals surface area contributed by atoms with Crippen LogP contribution in [0.1, 0.15) is 26.7 Å². The number of ether oxygens (including phenoxy) is 1. The van der Waals surface area contributed by atoms with Crippen LogP contribution in [0.25, 0.3) is 0 Å². The summed E-state index contributed by atoms with van der Waals surface area (Å²) in [6, 6.07) is -0.853. The fourth-order valence-corrected chi connectivity index (χ4v) is 1.51. The lowest BCUT2D eigenvalue weighted by Crippen LogP contribution is -2.35. The largest absolute Gasteiger partial charge is 0.462 e. The van der Waals surface area contributed by atoms with Crippen molar-refractivity contribution in [3.8, 4) is 0 Å². The molecule has 2 atom stereocenters. The molecule has 0 fully saturated rings. The van der Waals surface area contributed by atoms with Gasteiger partial charge >= 0.3 is 5.97 Å². The fourth-order valence-electron chi connectivity index (χ4n) is 0.828. The summed E-state index contributed by atoms with van der Waals surface area (Å²) in [7, 11) is -3.07. The van der Waals surface area contributed by atoms with E-state index in [1.807, 2.05) is 6.92 Å². The summed E-state index contributed by atoms with van der Waals surface area (Å²) in [6.45, 7) is 3.65. The third-order valence-electron chi connectivity index (χ3n) is 1.99. The number of carbonyl (C=O) groups is 1. The summed E-state index contributed by atoms with van der Waals surface area (Å²) in [5, 5.41) is 0. The standard InChI is InChI=1S/C9H19NO4S/c1-4-7(2)14-9(11)8(10)5-6-15(3,12)13/h7-8H,4-6,10H2,1-3H3. The molecule has 15 heavy (non-hydrogen) atoms. The molecule has 0 aliphatic rings. The van der Waals surface area contributed by atoms with Crippen LogP contribution in [0.2, 0.25) is 0 Å². The third kappa shape index (κ3) is 7.33. The number of rotatable bonds is 6. The van der Waals surface area contributed by atoms with Crippen LogP contribution in [0.15, 0.2) is 0 Å². The molecule has 0 saturated carbocycles. The van der Waals surface area contributed by atoms with Gasteiger partial charge in [0, 0.05) is 6.26 Å². The highest BCUT2D eigenvalue weighted by Gasteiger charge is 2.18. The topological polar surface area (TPSA) is 86.5 Å². The normalized spacial score (nSPS) is 15.7. The number of nitrogens with two attached hydrogens (primary N) is 1. The van der Waals surface area contributed by atoms with Crippen LogP contribution in [0.4, 0.5) is 0 Å². The highest BCUT2D eigenvalue weighted by atomic mass is 32.2. The SMILES string of the molecule is CCC(C)OC(=O)C(N)CCS(C)(=O)=O. The van der Waals surface area contributed by atoms with Gasteiger partial charge in [0.1, 0.15) is 15.9 Å². The van der Waals surface area contributed by atoms with Crippen LogP contribution in [0.5, 0.6) is 0 Å². The van der Waals surface area contributed by atoms with Crippen molar-refractivity contribution in [3.63, 3.8) is 0 Å². The van der Waals surface area contributed by atoms with Crippen LogP contribution in [-0.2, 0) is 19.4 Å². The van der Waals surface area contributed by atoms with Gasteiger partial charge in [0.25, 0.3) is 0 Å². The maximum Gasteiger partial charge on any atom is 0.323 e. The summed E-state index contributed by atoms with van der Waals surface area (Å²) >= 11 is 0. The van der Waals surface area contributed by atoms with E-state index in [1.54, 1.807) is 6.92 Å². The maximum absolute atomic E-state index is 11.3. The van der Waals surface area contributed by atoms with E-state index in [0.717, 1.165) is 6.26 Å². The first-order chi connectivity index (χ1) is 6.76. The van der Waals surface area contributed by atoms with E-state index in [4.69, 9.17) is 10.5 Å². The summed E-state index contributed by atoms with van der Waals surface area (Å²) < 4.78 is 26.6. The van der Waals surface area contributed by atoms with E-state index in [9.17, 15) is 13.2 Å². The third-order valence-corrected chi connectivity index (χ3v) is 2.97. The minimum atomic E-state index is -3.07. The Labute approximate surface area is 90.9 Å². The van der Waals surface area contributed by atoms with Crippen LogP contribution < -0.4 is 5.73 Å². The van der Waals surface area contributed by atoms with Gasteiger partial charge in [0.2, 0.25) is 0 Å².